The van der Waals surface area contributed by atoms with E-state index in [1.807, 2.05) is 13.8 Å². The minimum Gasteiger partial charge on any atom is -0.481 e. The zero-order chi connectivity index (χ0) is 36.3. The van der Waals surface area contributed by atoms with Gasteiger partial charge < -0.3 is 55.4 Å². The lowest BCUT2D eigenvalue weighted by molar-refractivity contribution is -0.299. The molecule has 49 heavy (non-hydrogen) atoms. The molecule has 0 radical (unpaired) electrons. The van der Waals surface area contributed by atoms with E-state index in [9.17, 15) is 55.5 Å². The van der Waals surface area contributed by atoms with Crippen molar-refractivity contribution in [2.45, 2.75) is 135 Å². The van der Waals surface area contributed by atoms with Gasteiger partial charge in [-0.1, -0.05) is 39.3 Å². The molecule has 1 saturated heterocycles. The van der Waals surface area contributed by atoms with Gasteiger partial charge in [0.2, 0.25) is 6.29 Å². The first kappa shape index (κ1) is 37.1. The van der Waals surface area contributed by atoms with Crippen molar-refractivity contribution in [3.8, 4) is 0 Å². The Bertz CT molecular complexity index is 1370. The number of fused-ring (bicyclic) bond motifs is 7. The Morgan fingerprint density at radius 2 is 1.59 bits per heavy atom. The molecule has 13 nitrogen and oxygen atoms in total. The standard InChI is InChI=1S/C36H56O13/c1-17-8-11-35(30(46)49-28-25(42)24(41)23(40)20(15-37)48-28)13-12-32(3)18(26(35)34(17,5)47)6-7-21-31(2)14-19(39)27(43)36(16-38,29(44)45)22(31)9-10-33(21,32)4/h6,17,19-28,37-43,47H,7-16H2,1-5H3,(H,44,45). The fourth-order valence-electron chi connectivity index (χ4n) is 12.4. The molecule has 6 rings (SSSR count). The van der Waals surface area contributed by atoms with Crippen molar-refractivity contribution in [3.05, 3.63) is 11.6 Å². The summed E-state index contributed by atoms with van der Waals surface area (Å²) in [5.41, 5.74) is -5.39. The van der Waals surface area contributed by atoms with Gasteiger partial charge in [0.15, 0.2) is 0 Å². The van der Waals surface area contributed by atoms with Crippen LogP contribution >= 0.6 is 0 Å². The normalized spacial score (nSPS) is 55.5. The third-order valence-corrected chi connectivity index (χ3v) is 15.6. The van der Waals surface area contributed by atoms with Crippen LogP contribution in [-0.4, -0.2) is 120 Å². The second kappa shape index (κ2) is 11.9. The molecular weight excluding hydrogens is 640 g/mol. The molecule has 0 aromatic rings. The summed E-state index contributed by atoms with van der Waals surface area (Å²) in [6.45, 7) is 8.54. The maximum absolute atomic E-state index is 14.5. The van der Waals surface area contributed by atoms with Crippen LogP contribution in [0, 0.1) is 50.7 Å². The summed E-state index contributed by atoms with van der Waals surface area (Å²) >= 11 is 0. The van der Waals surface area contributed by atoms with Gasteiger partial charge in [-0.15, -0.1) is 0 Å². The van der Waals surface area contributed by atoms with Gasteiger partial charge in [0.05, 0.1) is 36.4 Å². The van der Waals surface area contributed by atoms with Crippen molar-refractivity contribution in [2.75, 3.05) is 13.2 Å². The number of aliphatic carboxylic acids is 1. The molecule has 0 spiro atoms. The lowest BCUT2D eigenvalue weighted by atomic mass is 9.32. The molecule has 0 aromatic carbocycles. The molecule has 17 unspecified atom stereocenters. The number of aliphatic hydroxyl groups is 8. The van der Waals surface area contributed by atoms with Crippen molar-refractivity contribution in [3.63, 3.8) is 0 Å². The van der Waals surface area contributed by atoms with Crippen LogP contribution in [0.15, 0.2) is 11.6 Å². The van der Waals surface area contributed by atoms with E-state index in [-0.39, 0.29) is 18.3 Å². The van der Waals surface area contributed by atoms with Crippen LogP contribution in [0.5, 0.6) is 0 Å². The smallest absolute Gasteiger partial charge is 0.315 e. The number of hydrogen-bond acceptors (Lipinski definition) is 12. The Morgan fingerprint density at radius 3 is 2.20 bits per heavy atom. The highest BCUT2D eigenvalue weighted by atomic mass is 16.7. The van der Waals surface area contributed by atoms with Crippen LogP contribution in [0.1, 0.15) is 86.0 Å². The molecule has 1 aliphatic heterocycles. The third-order valence-electron chi connectivity index (χ3n) is 15.6. The summed E-state index contributed by atoms with van der Waals surface area (Å²) in [5, 5.41) is 96.6. The van der Waals surface area contributed by atoms with E-state index in [1.165, 1.54) is 0 Å². The summed E-state index contributed by atoms with van der Waals surface area (Å²) in [7, 11) is 0. The van der Waals surface area contributed by atoms with Crippen molar-refractivity contribution in [2.24, 2.45) is 50.7 Å². The molecule has 0 amide bonds. The quantitative estimate of drug-likeness (QED) is 0.141. The molecule has 278 valence electrons. The summed E-state index contributed by atoms with van der Waals surface area (Å²) in [4.78, 5) is 27.3. The number of carbonyl (C=O) groups is 2. The molecule has 5 aliphatic carbocycles. The zero-order valence-corrected chi connectivity index (χ0v) is 29.2. The van der Waals surface area contributed by atoms with Gasteiger partial charge in [-0.2, -0.15) is 0 Å². The van der Waals surface area contributed by atoms with Crippen LogP contribution in [0.25, 0.3) is 0 Å². The summed E-state index contributed by atoms with van der Waals surface area (Å²) in [6, 6.07) is 0. The van der Waals surface area contributed by atoms with Gasteiger partial charge in [-0.3, -0.25) is 9.59 Å². The first-order valence-corrected chi connectivity index (χ1v) is 17.9. The highest BCUT2D eigenvalue weighted by molar-refractivity contribution is 5.79. The molecule has 13 heteroatoms. The van der Waals surface area contributed by atoms with E-state index in [4.69, 9.17) is 9.47 Å². The first-order chi connectivity index (χ1) is 22.7. The lowest BCUT2D eigenvalue weighted by Crippen LogP contribution is -2.71. The molecular formula is C36H56O13. The maximum atomic E-state index is 14.5. The number of carboxylic acids is 1. The van der Waals surface area contributed by atoms with Crippen molar-refractivity contribution in [1.29, 1.82) is 0 Å². The number of carboxylic acid groups (broad SMARTS) is 1. The van der Waals surface area contributed by atoms with Crippen LogP contribution in [-0.2, 0) is 19.1 Å². The molecule has 9 N–H and O–H groups in total. The summed E-state index contributed by atoms with van der Waals surface area (Å²) in [5.74, 6) is -3.67. The van der Waals surface area contributed by atoms with Crippen LogP contribution in [0.2, 0.25) is 0 Å². The number of rotatable bonds is 5. The molecule has 4 saturated carbocycles. The molecule has 17 atom stereocenters. The lowest BCUT2D eigenvalue weighted by Gasteiger charge is -2.72. The Balaban J connectivity index is 1.41. The minimum atomic E-state index is -1.92. The van der Waals surface area contributed by atoms with Crippen LogP contribution < -0.4 is 0 Å². The SMILES string of the molecule is CC1CCC2(C(=O)OC3OC(CO)C(O)C(O)C3O)CCC3(C)C(=CCC4C5(C)CC(O)C(O)C(CO)(C(=O)O)C5CCC43C)C2C1(C)O. The maximum Gasteiger partial charge on any atom is 0.315 e. The molecule has 1 heterocycles. The largest absolute Gasteiger partial charge is 0.481 e. The fourth-order valence-corrected chi connectivity index (χ4v) is 12.4. The Kier molecular flexibility index (Phi) is 9.03. The second-order valence-corrected chi connectivity index (χ2v) is 17.4. The highest BCUT2D eigenvalue weighted by Crippen LogP contribution is 2.76. The van der Waals surface area contributed by atoms with Gasteiger partial charge in [-0.05, 0) is 92.3 Å². The summed E-state index contributed by atoms with van der Waals surface area (Å²) < 4.78 is 11.4. The van der Waals surface area contributed by atoms with Crippen molar-refractivity contribution >= 4 is 11.9 Å². The number of carbonyl (C=O) groups excluding carboxylic acids is 1. The predicted octanol–water partition coefficient (Wildman–Crippen LogP) is 0.471. The van der Waals surface area contributed by atoms with Gasteiger partial charge in [0.25, 0.3) is 0 Å². The Morgan fingerprint density at radius 1 is 0.918 bits per heavy atom. The number of allylic oxidation sites excluding steroid dienone is 1. The van der Waals surface area contributed by atoms with Gasteiger partial charge >= 0.3 is 11.9 Å². The molecule has 5 fully saturated rings. The van der Waals surface area contributed by atoms with E-state index in [2.05, 4.69) is 19.9 Å². The number of esters is 1. The molecule has 0 bridgehead atoms. The van der Waals surface area contributed by atoms with Crippen molar-refractivity contribution < 1.29 is 65.0 Å². The van der Waals surface area contributed by atoms with Gasteiger partial charge in [0, 0.05) is 5.92 Å². The van der Waals surface area contributed by atoms with Gasteiger partial charge in [0.1, 0.15) is 29.8 Å². The third kappa shape index (κ3) is 4.69. The first-order valence-electron chi connectivity index (χ1n) is 17.9. The topological polar surface area (TPSA) is 235 Å². The van der Waals surface area contributed by atoms with E-state index in [0.29, 0.717) is 44.9 Å². The number of hydrogen-bond donors (Lipinski definition) is 9. The fraction of sp³-hybridized carbons (Fsp3) is 0.889. The predicted molar refractivity (Wildman–Crippen MR) is 171 cm³/mol. The van der Waals surface area contributed by atoms with Crippen LogP contribution in [0.4, 0.5) is 0 Å². The number of aliphatic hydroxyl groups excluding tert-OH is 7. The zero-order valence-electron chi connectivity index (χ0n) is 29.2. The average Bonchev–Trinajstić information content (AvgIpc) is 3.04. The van der Waals surface area contributed by atoms with E-state index >= 15 is 0 Å². The van der Waals surface area contributed by atoms with E-state index < -0.39 is 113 Å². The van der Waals surface area contributed by atoms with Crippen LogP contribution in [0.3, 0.4) is 0 Å². The number of ether oxygens (including phenoxy) is 2. The monoisotopic (exact) mass is 696 g/mol. The Hall–Kier alpha value is -1.68. The second-order valence-electron chi connectivity index (χ2n) is 17.4. The van der Waals surface area contributed by atoms with Gasteiger partial charge in [-0.25, -0.2) is 0 Å². The minimum absolute atomic E-state index is 0.153. The molecule has 0 aromatic heterocycles. The van der Waals surface area contributed by atoms with E-state index in [0.717, 1.165) is 5.57 Å². The molecule has 6 aliphatic rings. The summed E-state index contributed by atoms with van der Waals surface area (Å²) in [6.07, 6.45) is -5.53. The van der Waals surface area contributed by atoms with E-state index in [1.54, 1.807) is 6.92 Å². The Labute approximate surface area is 286 Å². The highest BCUT2D eigenvalue weighted by Gasteiger charge is 2.74. The average molecular weight is 697 g/mol. The van der Waals surface area contributed by atoms with Crippen molar-refractivity contribution in [1.82, 2.24) is 0 Å².